The minimum absolute atomic E-state index is 0.0850. The summed E-state index contributed by atoms with van der Waals surface area (Å²) in [6, 6.07) is -0.562. The molecule has 2 atom stereocenters. The number of hydrogen-bond acceptors (Lipinski definition) is 6. The zero-order valence-corrected chi connectivity index (χ0v) is 15.3. The highest BCUT2D eigenvalue weighted by Crippen LogP contribution is 2.24. The van der Waals surface area contributed by atoms with Gasteiger partial charge in [-0.2, -0.15) is 0 Å². The summed E-state index contributed by atoms with van der Waals surface area (Å²) >= 11 is 1.57. The minimum atomic E-state index is -0.477. The molecule has 0 saturated heterocycles. The van der Waals surface area contributed by atoms with E-state index in [4.69, 9.17) is 0 Å². The second-order valence-electron chi connectivity index (χ2n) is 6.67. The van der Waals surface area contributed by atoms with Gasteiger partial charge in [-0.3, -0.25) is 4.79 Å². The van der Waals surface area contributed by atoms with Gasteiger partial charge in [-0.05, 0) is 30.7 Å². The molecule has 0 bridgehead atoms. The molecule has 2 rings (SSSR count). The second kappa shape index (κ2) is 6.74. The molecule has 7 nitrogen and oxygen atoms in total. The van der Waals surface area contributed by atoms with Gasteiger partial charge in [0.1, 0.15) is 11.0 Å². The molecule has 0 saturated carbocycles. The zero-order valence-electron chi connectivity index (χ0n) is 14.5. The van der Waals surface area contributed by atoms with Gasteiger partial charge in [0.15, 0.2) is 5.82 Å². The van der Waals surface area contributed by atoms with Crippen LogP contribution in [-0.2, 0) is 10.2 Å². The van der Waals surface area contributed by atoms with Gasteiger partial charge in [0.2, 0.25) is 5.91 Å². The van der Waals surface area contributed by atoms with Crippen molar-refractivity contribution in [2.24, 2.45) is 0 Å². The highest BCUT2D eigenvalue weighted by atomic mass is 32.1. The summed E-state index contributed by atoms with van der Waals surface area (Å²) in [4.78, 5) is 17.1. The Morgan fingerprint density at radius 3 is 2.65 bits per heavy atom. The smallest absolute Gasteiger partial charge is 0.245 e. The predicted octanol–water partition coefficient (Wildman–Crippen LogP) is 2.56. The fraction of sp³-hybridized carbons (Fsp3) is 0.667. The molecular weight excluding hydrogens is 312 g/mol. The molecule has 2 aromatic rings. The van der Waals surface area contributed by atoms with Crippen molar-refractivity contribution in [3.05, 3.63) is 21.9 Å². The van der Waals surface area contributed by atoms with Crippen molar-refractivity contribution < 1.29 is 4.79 Å². The zero-order chi connectivity index (χ0) is 17.2. The normalized spacial score (nSPS) is 14.5. The van der Waals surface area contributed by atoms with Crippen molar-refractivity contribution in [1.82, 2.24) is 30.5 Å². The monoisotopic (exact) mass is 336 g/mol. The van der Waals surface area contributed by atoms with E-state index in [1.807, 2.05) is 40.0 Å². The number of carbonyl (C=O) groups is 1. The number of tetrazole rings is 1. The van der Waals surface area contributed by atoms with Crippen molar-refractivity contribution in [1.29, 1.82) is 0 Å². The van der Waals surface area contributed by atoms with Crippen LogP contribution in [0.25, 0.3) is 0 Å². The van der Waals surface area contributed by atoms with Crippen LogP contribution in [-0.4, -0.2) is 31.1 Å². The first-order valence-electron chi connectivity index (χ1n) is 7.74. The lowest BCUT2D eigenvalue weighted by molar-refractivity contribution is -0.125. The second-order valence-corrected chi connectivity index (χ2v) is 7.56. The third-order valence-corrected chi connectivity index (χ3v) is 4.65. The maximum atomic E-state index is 12.6. The van der Waals surface area contributed by atoms with E-state index in [-0.39, 0.29) is 17.4 Å². The summed E-state index contributed by atoms with van der Waals surface area (Å²) in [6.45, 7) is 11.9. The summed E-state index contributed by atoms with van der Waals surface area (Å²) in [7, 11) is 0. The SMILES string of the molecule is CCC(NC(=O)C(C)n1nnnc1C(C)(C)C)c1nc(C)cs1. The predicted molar refractivity (Wildman–Crippen MR) is 89.3 cm³/mol. The van der Waals surface area contributed by atoms with E-state index in [1.165, 1.54) is 0 Å². The lowest BCUT2D eigenvalue weighted by Gasteiger charge is -2.22. The molecule has 0 aliphatic rings. The number of rotatable bonds is 5. The molecule has 0 spiro atoms. The van der Waals surface area contributed by atoms with Gasteiger partial charge in [-0.25, -0.2) is 9.67 Å². The molecular formula is C15H24N6OS. The van der Waals surface area contributed by atoms with Gasteiger partial charge in [-0.1, -0.05) is 27.7 Å². The first-order valence-corrected chi connectivity index (χ1v) is 8.62. The van der Waals surface area contributed by atoms with Crippen LogP contribution in [0.1, 0.15) is 69.6 Å². The molecule has 0 aromatic carbocycles. The van der Waals surface area contributed by atoms with E-state index in [0.29, 0.717) is 5.82 Å². The van der Waals surface area contributed by atoms with Crippen LogP contribution in [0, 0.1) is 6.92 Å². The van der Waals surface area contributed by atoms with Gasteiger partial charge >= 0.3 is 0 Å². The van der Waals surface area contributed by atoms with Crippen molar-refractivity contribution in [2.45, 2.75) is 65.5 Å². The number of aromatic nitrogens is 5. The van der Waals surface area contributed by atoms with Crippen LogP contribution in [0.2, 0.25) is 0 Å². The molecule has 2 heterocycles. The average Bonchev–Trinajstić information content (AvgIpc) is 3.11. The van der Waals surface area contributed by atoms with Crippen LogP contribution >= 0.6 is 11.3 Å². The van der Waals surface area contributed by atoms with E-state index < -0.39 is 6.04 Å². The lowest BCUT2D eigenvalue weighted by atomic mass is 9.95. The van der Waals surface area contributed by atoms with Gasteiger partial charge in [-0.15, -0.1) is 16.4 Å². The summed E-state index contributed by atoms with van der Waals surface area (Å²) < 4.78 is 1.59. The third kappa shape index (κ3) is 3.93. The maximum Gasteiger partial charge on any atom is 0.245 e. The Morgan fingerprint density at radius 2 is 2.13 bits per heavy atom. The van der Waals surface area contributed by atoms with Gasteiger partial charge in [0.05, 0.1) is 6.04 Å². The summed E-state index contributed by atoms with van der Waals surface area (Å²) in [6.07, 6.45) is 0.785. The Kier molecular flexibility index (Phi) is 5.13. The van der Waals surface area contributed by atoms with Gasteiger partial charge in [0.25, 0.3) is 0 Å². The number of carbonyl (C=O) groups excluding carboxylic acids is 1. The highest BCUT2D eigenvalue weighted by Gasteiger charge is 2.28. The number of amides is 1. The largest absolute Gasteiger partial charge is 0.345 e. The summed E-state index contributed by atoms with van der Waals surface area (Å²) in [5.74, 6) is 0.584. The average molecular weight is 336 g/mol. The van der Waals surface area contributed by atoms with Crippen molar-refractivity contribution in [3.8, 4) is 0 Å². The van der Waals surface area contributed by atoms with E-state index in [0.717, 1.165) is 17.1 Å². The highest BCUT2D eigenvalue weighted by molar-refractivity contribution is 7.09. The summed E-state index contributed by atoms with van der Waals surface area (Å²) in [5, 5.41) is 17.8. The molecule has 0 radical (unpaired) electrons. The van der Waals surface area contributed by atoms with Crippen LogP contribution < -0.4 is 5.32 Å². The van der Waals surface area contributed by atoms with Crippen molar-refractivity contribution in [2.75, 3.05) is 0 Å². The maximum absolute atomic E-state index is 12.6. The fourth-order valence-corrected chi connectivity index (χ4v) is 3.15. The molecule has 2 aromatic heterocycles. The Morgan fingerprint density at radius 1 is 1.43 bits per heavy atom. The van der Waals surface area contributed by atoms with Crippen LogP contribution in [0.3, 0.4) is 0 Å². The topological polar surface area (TPSA) is 85.6 Å². The number of aryl methyl sites for hydroxylation is 1. The van der Waals surface area contributed by atoms with E-state index in [9.17, 15) is 4.79 Å². The Hall–Kier alpha value is -1.83. The Balaban J connectivity index is 2.15. The first kappa shape index (κ1) is 17.5. The van der Waals surface area contributed by atoms with Crippen molar-refractivity contribution >= 4 is 17.2 Å². The first-order chi connectivity index (χ1) is 10.7. The lowest BCUT2D eigenvalue weighted by Crippen LogP contribution is -2.36. The third-order valence-electron chi connectivity index (χ3n) is 3.57. The minimum Gasteiger partial charge on any atom is -0.345 e. The quantitative estimate of drug-likeness (QED) is 0.907. The molecule has 0 fully saturated rings. The van der Waals surface area contributed by atoms with Crippen LogP contribution in [0.4, 0.5) is 0 Å². The van der Waals surface area contributed by atoms with E-state index in [1.54, 1.807) is 22.9 Å². The van der Waals surface area contributed by atoms with E-state index in [2.05, 4.69) is 25.8 Å². The molecule has 23 heavy (non-hydrogen) atoms. The summed E-state index contributed by atoms with van der Waals surface area (Å²) in [5.41, 5.74) is 0.746. The Labute approximate surface area is 140 Å². The van der Waals surface area contributed by atoms with Gasteiger partial charge in [0, 0.05) is 16.5 Å². The fourth-order valence-electron chi connectivity index (χ4n) is 2.22. The molecule has 8 heteroatoms. The number of thiazole rings is 1. The molecule has 1 N–H and O–H groups in total. The van der Waals surface area contributed by atoms with Crippen LogP contribution in [0.15, 0.2) is 5.38 Å². The number of nitrogens with one attached hydrogen (secondary N) is 1. The standard InChI is InChI=1S/C15H24N6OS/c1-7-11(13-16-9(2)8-23-13)17-12(22)10(3)21-14(15(4,5)6)18-19-20-21/h8,10-11H,7H2,1-6H3,(H,17,22). The molecule has 1 amide bonds. The van der Waals surface area contributed by atoms with Crippen molar-refractivity contribution in [3.63, 3.8) is 0 Å². The molecule has 126 valence electrons. The van der Waals surface area contributed by atoms with E-state index >= 15 is 0 Å². The number of nitrogens with zero attached hydrogens (tertiary/aromatic N) is 5. The Bertz CT molecular complexity index is 672. The molecule has 0 aliphatic heterocycles. The molecule has 0 aliphatic carbocycles. The number of hydrogen-bond donors (Lipinski definition) is 1. The molecule has 2 unspecified atom stereocenters. The van der Waals surface area contributed by atoms with Gasteiger partial charge < -0.3 is 5.32 Å². The van der Waals surface area contributed by atoms with Crippen LogP contribution in [0.5, 0.6) is 0 Å².